The summed E-state index contributed by atoms with van der Waals surface area (Å²) in [6.45, 7) is 8.27. The van der Waals surface area contributed by atoms with Crippen molar-refractivity contribution < 1.29 is 9.59 Å². The summed E-state index contributed by atoms with van der Waals surface area (Å²) in [6.07, 6.45) is 2.35. The van der Waals surface area contributed by atoms with Crippen LogP contribution in [0.4, 0.5) is 11.4 Å². The zero-order valence-corrected chi connectivity index (χ0v) is 21.5. The van der Waals surface area contributed by atoms with E-state index in [1.165, 1.54) is 16.2 Å². The van der Waals surface area contributed by atoms with Gasteiger partial charge in [0.1, 0.15) is 0 Å². The molecule has 10 heteroatoms. The van der Waals surface area contributed by atoms with Crippen LogP contribution in [0.2, 0.25) is 5.02 Å². The molecular weight excluding hydrogens is 481 g/mol. The molecule has 1 amide bonds. The lowest BCUT2D eigenvalue weighted by Crippen LogP contribution is -2.48. The number of hydrogen-bond acceptors (Lipinski definition) is 5. The molecule has 0 aliphatic carbocycles. The maximum Gasteiger partial charge on any atom is 0.343 e. The number of nitrogens with one attached hydrogen (secondary N) is 1. The van der Waals surface area contributed by atoms with Crippen molar-refractivity contribution in [1.82, 2.24) is 0 Å². The first-order chi connectivity index (χ1) is 16.7. The molecule has 0 spiro atoms. The van der Waals surface area contributed by atoms with Crippen molar-refractivity contribution in [2.75, 3.05) is 17.3 Å². The maximum atomic E-state index is 13.8. The first kappa shape index (κ1) is 26.1. The van der Waals surface area contributed by atoms with E-state index in [0.29, 0.717) is 28.0 Å². The van der Waals surface area contributed by atoms with Crippen LogP contribution in [0.5, 0.6) is 0 Å². The lowest BCUT2D eigenvalue weighted by molar-refractivity contribution is 0.0984. The summed E-state index contributed by atoms with van der Waals surface area (Å²) in [6, 6.07) is 13.0. The Morgan fingerprint density at radius 3 is 2.63 bits per heavy atom. The van der Waals surface area contributed by atoms with Crippen LogP contribution in [0, 0.1) is 13.8 Å². The predicted molar refractivity (Wildman–Crippen MR) is 148 cm³/mol. The molecule has 0 aliphatic heterocycles. The highest BCUT2D eigenvalue weighted by Crippen LogP contribution is 2.39. The van der Waals surface area contributed by atoms with Crippen molar-refractivity contribution in [2.24, 2.45) is 5.03 Å². The van der Waals surface area contributed by atoms with Crippen LogP contribution >= 0.6 is 22.9 Å². The van der Waals surface area contributed by atoms with E-state index in [4.69, 9.17) is 17.1 Å². The smallest absolute Gasteiger partial charge is 0.343 e. The Balaban J connectivity index is 2.16. The molecule has 2 aromatic carbocycles. The van der Waals surface area contributed by atoms with E-state index in [1.807, 2.05) is 38.2 Å². The van der Waals surface area contributed by atoms with Gasteiger partial charge < -0.3 is 15.0 Å². The molecule has 0 radical (unpaired) electrons. The number of carbonyl (C=O) groups excluding carboxylic acids is 2. The summed E-state index contributed by atoms with van der Waals surface area (Å²) in [5.41, 5.74) is 13.7. The minimum atomic E-state index is -1.05. The highest BCUT2D eigenvalue weighted by atomic mass is 35.5. The van der Waals surface area contributed by atoms with Crippen molar-refractivity contribution in [1.29, 1.82) is 0 Å². The molecule has 3 rings (SSSR count). The molecule has 3 aromatic rings. The van der Waals surface area contributed by atoms with Gasteiger partial charge in [0.05, 0.1) is 11.9 Å². The van der Waals surface area contributed by atoms with E-state index >= 15 is 0 Å². The normalized spacial score (nSPS) is 11.2. The molecule has 0 bridgehead atoms. The number of anilines is 2. The number of rotatable bonds is 9. The summed E-state index contributed by atoms with van der Waals surface area (Å²) in [4.78, 5) is 31.8. The van der Waals surface area contributed by atoms with Gasteiger partial charge in [0, 0.05) is 39.0 Å². The van der Waals surface area contributed by atoms with E-state index in [-0.39, 0.29) is 5.91 Å². The Hall–Kier alpha value is -3.52. The molecule has 0 saturated heterocycles. The molecule has 0 fully saturated rings. The van der Waals surface area contributed by atoms with Crippen molar-refractivity contribution in [2.45, 2.75) is 26.7 Å². The van der Waals surface area contributed by atoms with Gasteiger partial charge in [-0.05, 0) is 77.4 Å². The molecule has 1 aromatic heterocycles. The summed E-state index contributed by atoms with van der Waals surface area (Å²) in [5.74, 6) is -1.03. The van der Waals surface area contributed by atoms with Gasteiger partial charge in [0.25, 0.3) is 5.91 Å². The van der Waals surface area contributed by atoms with Gasteiger partial charge in [-0.25, -0.2) is 0 Å². The van der Waals surface area contributed by atoms with Gasteiger partial charge in [-0.3, -0.25) is 4.79 Å². The van der Waals surface area contributed by atoms with Crippen LogP contribution < -0.4 is 10.2 Å². The number of thiophene rings is 1. The fourth-order valence-corrected chi connectivity index (χ4v) is 5.16. The Bertz CT molecular complexity index is 1340. The van der Waals surface area contributed by atoms with Crippen molar-refractivity contribution in [3.05, 3.63) is 86.1 Å². The summed E-state index contributed by atoms with van der Waals surface area (Å²) in [7, 11) is 1.85. The van der Waals surface area contributed by atoms with Crippen LogP contribution in [0.15, 0.2) is 54.1 Å². The summed E-state index contributed by atoms with van der Waals surface area (Å²) >= 11 is 7.64. The fourth-order valence-electron chi connectivity index (χ4n) is 3.93. The molecule has 1 heterocycles. The zero-order chi connectivity index (χ0) is 25.7. The average molecular weight is 506 g/mol. The number of halogens is 1. The van der Waals surface area contributed by atoms with Crippen molar-refractivity contribution in [3.63, 3.8) is 0 Å². The molecule has 0 aliphatic rings. The third-order valence-corrected chi connectivity index (χ3v) is 7.16. The number of nitrogens with zero attached hydrogens (tertiary/aromatic N) is 4. The second-order valence-electron chi connectivity index (χ2n) is 8.01. The minimum Gasteiger partial charge on any atom is -0.388 e. The standard InChI is InChI=1S/C25H25BClN5O2S/c1-6-18-12-19(7-10-22(18)29-5)24-13-23(16(3)35-24)32(17(4)26(14-33)30-31-28)25(34)21-9-8-20(27)11-15(21)2/h6-14,17,29H,1H2,2-5H3. The van der Waals surface area contributed by atoms with E-state index in [9.17, 15) is 9.59 Å². The third kappa shape index (κ3) is 5.43. The Labute approximate surface area is 214 Å². The van der Waals surface area contributed by atoms with Crippen molar-refractivity contribution in [3.8, 4) is 10.4 Å². The molecule has 7 nitrogen and oxygen atoms in total. The van der Waals surface area contributed by atoms with Gasteiger partial charge in [-0.2, -0.15) is 0 Å². The lowest BCUT2D eigenvalue weighted by atomic mass is 9.58. The quantitative estimate of drug-likeness (QED) is 0.111. The molecule has 1 atom stereocenters. The number of azide groups is 1. The highest BCUT2D eigenvalue weighted by molar-refractivity contribution is 7.16. The van der Waals surface area contributed by atoms with Crippen LogP contribution in [0.1, 0.15) is 33.3 Å². The number of carbonyl (C=O) groups is 2. The van der Waals surface area contributed by atoms with E-state index in [1.54, 1.807) is 38.1 Å². The maximum absolute atomic E-state index is 13.8. The summed E-state index contributed by atoms with van der Waals surface area (Å²) < 4.78 is 0. The topological polar surface area (TPSA) is 98.2 Å². The second-order valence-corrected chi connectivity index (χ2v) is 9.71. The SMILES string of the molecule is C=Cc1cc(-c2cc(N(C(=O)c3ccc(Cl)cc3C)C(C)B(C=O)N=[N+]=[N-])c(C)s2)ccc1NC. The summed E-state index contributed by atoms with van der Waals surface area (Å²) in [5, 5.41) is 7.29. The van der Waals surface area contributed by atoms with E-state index in [0.717, 1.165) is 26.6 Å². The van der Waals surface area contributed by atoms with Crippen LogP contribution in [0.25, 0.3) is 27.0 Å². The minimum absolute atomic E-state index is 0.309. The van der Waals surface area contributed by atoms with Crippen LogP contribution in [-0.4, -0.2) is 31.9 Å². The fraction of sp³-hybridized carbons (Fsp3) is 0.200. The van der Waals surface area contributed by atoms with Crippen LogP contribution in [-0.2, 0) is 4.79 Å². The Kier molecular flexibility index (Phi) is 8.41. The number of aryl methyl sites for hydroxylation is 2. The van der Waals surface area contributed by atoms with Gasteiger partial charge in [-0.15, -0.1) is 16.4 Å². The van der Waals surface area contributed by atoms with Gasteiger partial charge >= 0.3 is 6.85 Å². The number of amides is 1. The molecule has 35 heavy (non-hydrogen) atoms. The zero-order valence-electron chi connectivity index (χ0n) is 19.9. The second kappa shape index (κ2) is 11.3. The van der Waals surface area contributed by atoms with E-state index in [2.05, 4.69) is 21.8 Å². The predicted octanol–water partition coefficient (Wildman–Crippen LogP) is 7.02. The molecule has 0 saturated carbocycles. The first-order valence-electron chi connectivity index (χ1n) is 10.9. The number of hydrogen-bond donors (Lipinski definition) is 1. The Morgan fingerprint density at radius 2 is 2.03 bits per heavy atom. The molecule has 1 unspecified atom stereocenters. The van der Waals surface area contributed by atoms with Gasteiger partial charge in [0.15, 0.2) is 0 Å². The molecule has 178 valence electrons. The third-order valence-electron chi connectivity index (χ3n) is 5.84. The van der Waals surface area contributed by atoms with Gasteiger partial charge in [-0.1, -0.05) is 37.2 Å². The monoisotopic (exact) mass is 505 g/mol. The lowest BCUT2D eigenvalue weighted by Gasteiger charge is -2.30. The van der Waals surface area contributed by atoms with Crippen LogP contribution in [0.3, 0.4) is 0 Å². The largest absolute Gasteiger partial charge is 0.388 e. The number of benzene rings is 2. The van der Waals surface area contributed by atoms with Crippen molar-refractivity contribution >= 4 is 59.3 Å². The van der Waals surface area contributed by atoms with Gasteiger partial charge in [0.2, 0.25) is 0 Å². The highest BCUT2D eigenvalue weighted by Gasteiger charge is 2.34. The Morgan fingerprint density at radius 1 is 1.29 bits per heavy atom. The molecule has 1 N–H and O–H groups in total. The first-order valence-corrected chi connectivity index (χ1v) is 12.1. The average Bonchev–Trinajstić information content (AvgIpc) is 3.22. The van der Waals surface area contributed by atoms with E-state index < -0.39 is 12.8 Å². The molecular formula is C25H25BClN5O2S.